The van der Waals surface area contributed by atoms with Crippen LogP contribution in [0.2, 0.25) is 0 Å². The molecule has 0 bridgehead atoms. The third kappa shape index (κ3) is 6.73. The van der Waals surface area contributed by atoms with Gasteiger partial charge in [0.1, 0.15) is 23.4 Å². The number of piperazine rings is 1. The second-order valence-electron chi connectivity index (χ2n) is 9.59. The minimum absolute atomic E-state index is 0.0551. The van der Waals surface area contributed by atoms with Gasteiger partial charge < -0.3 is 29.6 Å². The van der Waals surface area contributed by atoms with E-state index in [1.807, 2.05) is 53.4 Å². The predicted octanol–water partition coefficient (Wildman–Crippen LogP) is 2.01. The Balaban J connectivity index is 1.29. The zero-order valence-electron chi connectivity index (χ0n) is 22.2. The van der Waals surface area contributed by atoms with Gasteiger partial charge >= 0.3 is 0 Å². The number of aromatic nitrogens is 2. The van der Waals surface area contributed by atoms with Crippen LogP contribution in [0.3, 0.4) is 0 Å². The first-order valence-corrected chi connectivity index (χ1v) is 13.4. The van der Waals surface area contributed by atoms with Crippen LogP contribution in [0.15, 0.2) is 59.2 Å². The zero-order chi connectivity index (χ0) is 27.0. The molecule has 1 unspecified atom stereocenters. The fraction of sp³-hybridized carbons (Fsp3) is 0.429. The Hall–Kier alpha value is -3.96. The van der Waals surface area contributed by atoms with Crippen molar-refractivity contribution < 1.29 is 18.7 Å². The molecule has 4 heterocycles. The summed E-state index contributed by atoms with van der Waals surface area (Å²) in [6.45, 7) is 7.60. The van der Waals surface area contributed by atoms with E-state index >= 15 is 0 Å². The van der Waals surface area contributed by atoms with Gasteiger partial charge in [-0.3, -0.25) is 14.5 Å². The number of nitrogens with zero attached hydrogens (tertiary/aromatic N) is 5. The van der Waals surface area contributed by atoms with Gasteiger partial charge in [-0.25, -0.2) is 9.97 Å². The number of rotatable bonds is 9. The van der Waals surface area contributed by atoms with Gasteiger partial charge in [-0.15, -0.1) is 0 Å². The normalized spacial score (nSPS) is 17.1. The molecular formula is C28H35N7O4. The lowest BCUT2D eigenvalue weighted by Crippen LogP contribution is -2.53. The number of nitrogens with one attached hydrogen (secondary N) is 2. The Kier molecular flexibility index (Phi) is 8.69. The smallest absolute Gasteiger partial charge is 0.247 e. The van der Waals surface area contributed by atoms with Crippen LogP contribution in [0.25, 0.3) is 11.4 Å². The highest BCUT2D eigenvalue weighted by atomic mass is 16.5. The lowest BCUT2D eigenvalue weighted by molar-refractivity contribution is -0.140. The van der Waals surface area contributed by atoms with Crippen LogP contribution in [-0.2, 0) is 14.3 Å². The highest BCUT2D eigenvalue weighted by Gasteiger charge is 2.35. The Morgan fingerprint density at radius 3 is 2.41 bits per heavy atom. The maximum Gasteiger partial charge on any atom is 0.247 e. The van der Waals surface area contributed by atoms with Crippen LogP contribution in [0, 0.1) is 0 Å². The third-order valence-corrected chi connectivity index (χ3v) is 6.92. The van der Waals surface area contributed by atoms with Crippen LogP contribution in [-0.4, -0.2) is 97.2 Å². The van der Waals surface area contributed by atoms with Crippen molar-refractivity contribution in [2.75, 3.05) is 75.8 Å². The van der Waals surface area contributed by atoms with Crippen molar-refractivity contribution >= 4 is 23.5 Å². The molecule has 2 fully saturated rings. The van der Waals surface area contributed by atoms with E-state index < -0.39 is 6.04 Å². The molecule has 2 amide bonds. The second-order valence-corrected chi connectivity index (χ2v) is 9.59. The Morgan fingerprint density at radius 1 is 0.949 bits per heavy atom. The third-order valence-electron chi connectivity index (χ3n) is 6.92. The van der Waals surface area contributed by atoms with E-state index in [0.29, 0.717) is 83.0 Å². The van der Waals surface area contributed by atoms with Gasteiger partial charge in [0.15, 0.2) is 5.82 Å². The molecule has 2 aliphatic rings. The average molecular weight is 534 g/mol. The molecule has 0 spiro atoms. The SMILES string of the molecule is CC(=O)NCCNc1cc(N2CCN(C(=O)C(c3ccco3)N3CCOCC3)CC2)nc(-c2ccccc2)n1. The number of amides is 2. The maximum atomic E-state index is 13.7. The van der Waals surface area contributed by atoms with E-state index in [1.54, 1.807) is 6.26 Å². The summed E-state index contributed by atoms with van der Waals surface area (Å²) in [7, 11) is 0. The van der Waals surface area contributed by atoms with Gasteiger partial charge in [0, 0.05) is 70.9 Å². The molecule has 206 valence electrons. The van der Waals surface area contributed by atoms with Crippen molar-refractivity contribution in [2.24, 2.45) is 0 Å². The molecule has 0 saturated carbocycles. The topological polar surface area (TPSA) is 116 Å². The van der Waals surface area contributed by atoms with Gasteiger partial charge in [0.05, 0.1) is 19.5 Å². The number of morpholine rings is 1. The van der Waals surface area contributed by atoms with Crippen molar-refractivity contribution in [2.45, 2.75) is 13.0 Å². The zero-order valence-corrected chi connectivity index (χ0v) is 22.2. The molecule has 11 nitrogen and oxygen atoms in total. The van der Waals surface area contributed by atoms with Gasteiger partial charge in [-0.1, -0.05) is 30.3 Å². The minimum atomic E-state index is -0.446. The largest absolute Gasteiger partial charge is 0.467 e. The number of carbonyl (C=O) groups excluding carboxylic acids is 2. The van der Waals surface area contributed by atoms with Crippen molar-refractivity contribution in [1.82, 2.24) is 25.1 Å². The minimum Gasteiger partial charge on any atom is -0.467 e. The predicted molar refractivity (Wildman–Crippen MR) is 147 cm³/mol. The summed E-state index contributed by atoms with van der Waals surface area (Å²) in [6.07, 6.45) is 1.62. The summed E-state index contributed by atoms with van der Waals surface area (Å²) in [5.74, 6) is 2.77. The van der Waals surface area contributed by atoms with Crippen molar-refractivity contribution in [3.63, 3.8) is 0 Å². The summed E-state index contributed by atoms with van der Waals surface area (Å²) in [4.78, 5) is 40.8. The monoisotopic (exact) mass is 533 g/mol. The molecule has 0 radical (unpaired) electrons. The number of hydrogen-bond donors (Lipinski definition) is 2. The van der Waals surface area contributed by atoms with Crippen LogP contribution >= 0.6 is 0 Å². The summed E-state index contributed by atoms with van der Waals surface area (Å²) in [6, 6.07) is 15.0. The first kappa shape index (κ1) is 26.6. The summed E-state index contributed by atoms with van der Waals surface area (Å²) in [5, 5.41) is 6.09. The first-order chi connectivity index (χ1) is 19.1. The summed E-state index contributed by atoms with van der Waals surface area (Å²) >= 11 is 0. The van der Waals surface area contributed by atoms with Gasteiger partial charge in [-0.05, 0) is 12.1 Å². The standard InChI is InChI=1S/C28H35N7O4/c1-21(36)29-9-10-30-24-20-25(32-27(31-24)22-6-3-2-4-7-22)33-11-13-35(14-12-33)28(37)26(23-8-5-17-39-23)34-15-18-38-19-16-34/h2-8,17,20,26H,9-16,18-19H2,1H3,(H,29,36)(H,30,31,32). The molecule has 11 heteroatoms. The van der Waals surface area contributed by atoms with Crippen molar-refractivity contribution in [3.05, 3.63) is 60.6 Å². The van der Waals surface area contributed by atoms with Crippen molar-refractivity contribution in [3.8, 4) is 11.4 Å². The number of hydrogen-bond acceptors (Lipinski definition) is 9. The molecule has 1 aromatic carbocycles. The Morgan fingerprint density at radius 2 is 1.72 bits per heavy atom. The van der Waals surface area contributed by atoms with Crippen molar-refractivity contribution in [1.29, 1.82) is 0 Å². The molecule has 2 aliphatic heterocycles. The van der Waals surface area contributed by atoms with E-state index in [0.717, 1.165) is 11.4 Å². The summed E-state index contributed by atoms with van der Waals surface area (Å²) in [5.41, 5.74) is 0.921. The molecule has 2 N–H and O–H groups in total. The van der Waals surface area contributed by atoms with E-state index in [9.17, 15) is 9.59 Å². The molecule has 2 aromatic heterocycles. The molecule has 0 aliphatic carbocycles. The molecular weight excluding hydrogens is 498 g/mol. The van der Waals surface area contributed by atoms with E-state index in [4.69, 9.17) is 19.1 Å². The van der Waals surface area contributed by atoms with Gasteiger partial charge in [-0.2, -0.15) is 0 Å². The molecule has 3 aromatic rings. The van der Waals surface area contributed by atoms with Crippen LogP contribution in [0.1, 0.15) is 18.7 Å². The second kappa shape index (κ2) is 12.7. The molecule has 1 atom stereocenters. The fourth-order valence-corrected chi connectivity index (χ4v) is 4.90. The molecule has 5 rings (SSSR count). The van der Waals surface area contributed by atoms with E-state index in [1.165, 1.54) is 6.92 Å². The fourth-order valence-electron chi connectivity index (χ4n) is 4.90. The molecule has 39 heavy (non-hydrogen) atoms. The number of carbonyl (C=O) groups is 2. The summed E-state index contributed by atoms with van der Waals surface area (Å²) < 4.78 is 11.2. The first-order valence-electron chi connectivity index (χ1n) is 13.4. The molecule has 2 saturated heterocycles. The number of benzene rings is 1. The van der Waals surface area contributed by atoms with E-state index in [2.05, 4.69) is 20.4 Å². The van der Waals surface area contributed by atoms with Crippen LogP contribution in [0.5, 0.6) is 0 Å². The lowest BCUT2D eigenvalue weighted by atomic mass is 10.1. The van der Waals surface area contributed by atoms with E-state index in [-0.39, 0.29) is 11.8 Å². The van der Waals surface area contributed by atoms with Crippen LogP contribution in [0.4, 0.5) is 11.6 Å². The Labute approximate surface area is 228 Å². The van der Waals surface area contributed by atoms with Gasteiger partial charge in [0.25, 0.3) is 0 Å². The average Bonchev–Trinajstić information content (AvgIpc) is 3.51. The Bertz CT molecular complexity index is 1220. The maximum absolute atomic E-state index is 13.7. The highest BCUT2D eigenvalue weighted by molar-refractivity contribution is 5.83. The number of anilines is 2. The lowest BCUT2D eigenvalue weighted by Gasteiger charge is -2.39. The van der Waals surface area contributed by atoms with Crippen LogP contribution < -0.4 is 15.5 Å². The quantitative estimate of drug-likeness (QED) is 0.399. The highest BCUT2D eigenvalue weighted by Crippen LogP contribution is 2.27. The van der Waals surface area contributed by atoms with Gasteiger partial charge in [0.2, 0.25) is 11.8 Å². The number of furan rings is 1. The number of ether oxygens (including phenoxy) is 1.